The van der Waals surface area contributed by atoms with E-state index in [1.807, 2.05) is 0 Å². The summed E-state index contributed by atoms with van der Waals surface area (Å²) in [7, 11) is -3.83. The number of hydrogen-bond donors (Lipinski definition) is 3. The maximum absolute atomic E-state index is 12.8. The minimum Gasteiger partial charge on any atom is -0.350 e. The van der Waals surface area contributed by atoms with Gasteiger partial charge in [0, 0.05) is 16.9 Å². The fraction of sp³-hybridized carbons (Fsp3) is 0. The van der Waals surface area contributed by atoms with E-state index in [9.17, 15) is 22.8 Å². The van der Waals surface area contributed by atoms with Gasteiger partial charge in [-0.25, -0.2) is 18.5 Å². The fourth-order valence-corrected chi connectivity index (χ4v) is 3.93. The van der Waals surface area contributed by atoms with Gasteiger partial charge in [0.05, 0.1) is 10.6 Å². The number of carbonyl (C=O) groups is 3. The molecule has 3 aromatic rings. The molecule has 3 aromatic carbocycles. The Morgan fingerprint density at radius 3 is 2.00 bits per heavy atom. The number of primary sulfonamides is 1. The molecule has 0 aromatic heterocycles. The number of anilines is 3. The van der Waals surface area contributed by atoms with Gasteiger partial charge in [-0.15, -0.1) is 0 Å². The lowest BCUT2D eigenvalue weighted by Gasteiger charge is -2.15. The summed E-state index contributed by atoms with van der Waals surface area (Å²) in [6, 6.07) is 20.0. The van der Waals surface area contributed by atoms with Gasteiger partial charge in [0.25, 0.3) is 17.7 Å². The number of nitrogens with two attached hydrogens (primary N) is 1. The highest BCUT2D eigenvalue weighted by molar-refractivity contribution is 7.89. The summed E-state index contributed by atoms with van der Waals surface area (Å²) in [6.45, 7) is 0. The van der Waals surface area contributed by atoms with E-state index in [0.29, 0.717) is 22.6 Å². The average Bonchev–Trinajstić information content (AvgIpc) is 3.03. The van der Waals surface area contributed by atoms with Gasteiger partial charge >= 0.3 is 0 Å². The first kappa shape index (κ1) is 23.2. The number of nitrogens with zero attached hydrogens (tertiary/aromatic N) is 1. The van der Waals surface area contributed by atoms with Crippen molar-refractivity contribution in [3.63, 3.8) is 0 Å². The SMILES string of the molecule is NS(=O)(=O)c1ccc(NC(=O)c2ccc(NC3=C(Cl)C(=O)N(c4ccccc4)C3=O)cc2)cc1. The molecular formula is C23H17ClN4O5S. The topological polar surface area (TPSA) is 139 Å². The smallest absolute Gasteiger partial charge is 0.283 e. The first-order chi connectivity index (χ1) is 16.1. The highest BCUT2D eigenvalue weighted by Gasteiger charge is 2.38. The number of sulfonamides is 1. The van der Waals surface area contributed by atoms with Crippen LogP contribution >= 0.6 is 11.6 Å². The van der Waals surface area contributed by atoms with Crippen LogP contribution in [0.15, 0.2) is 94.5 Å². The molecule has 1 aliphatic heterocycles. The summed E-state index contributed by atoms with van der Waals surface area (Å²) in [5.41, 5.74) is 1.46. The highest BCUT2D eigenvalue weighted by atomic mass is 35.5. The Kier molecular flexibility index (Phi) is 6.20. The van der Waals surface area contributed by atoms with Crippen molar-refractivity contribution >= 4 is 56.4 Å². The van der Waals surface area contributed by atoms with Gasteiger partial charge in [-0.3, -0.25) is 14.4 Å². The largest absolute Gasteiger partial charge is 0.350 e. The van der Waals surface area contributed by atoms with Crippen LogP contribution in [0.1, 0.15) is 10.4 Å². The number of benzene rings is 3. The summed E-state index contributed by atoms with van der Waals surface area (Å²) in [6.07, 6.45) is 0. The highest BCUT2D eigenvalue weighted by Crippen LogP contribution is 2.30. The van der Waals surface area contributed by atoms with Crippen LogP contribution in [0.4, 0.5) is 17.1 Å². The van der Waals surface area contributed by atoms with Crippen LogP contribution in [0.2, 0.25) is 0 Å². The van der Waals surface area contributed by atoms with Gasteiger partial charge in [0.2, 0.25) is 10.0 Å². The summed E-state index contributed by atoms with van der Waals surface area (Å²) in [4.78, 5) is 38.7. The van der Waals surface area contributed by atoms with Crippen LogP contribution in [0, 0.1) is 0 Å². The van der Waals surface area contributed by atoms with Crippen molar-refractivity contribution in [3.8, 4) is 0 Å². The molecule has 0 saturated heterocycles. The van der Waals surface area contributed by atoms with Crippen LogP contribution < -0.4 is 20.7 Å². The zero-order valence-electron chi connectivity index (χ0n) is 17.4. The molecule has 1 heterocycles. The van der Waals surface area contributed by atoms with E-state index in [1.165, 1.54) is 36.4 Å². The van der Waals surface area contributed by atoms with Crippen molar-refractivity contribution in [2.24, 2.45) is 5.14 Å². The third-order valence-electron chi connectivity index (χ3n) is 4.90. The van der Waals surface area contributed by atoms with E-state index in [4.69, 9.17) is 16.7 Å². The third-order valence-corrected chi connectivity index (χ3v) is 6.18. The number of para-hydroxylation sites is 1. The van der Waals surface area contributed by atoms with Gasteiger partial charge < -0.3 is 10.6 Å². The van der Waals surface area contributed by atoms with Crippen LogP contribution in [-0.2, 0) is 19.6 Å². The lowest BCUT2D eigenvalue weighted by atomic mass is 10.2. The number of carbonyl (C=O) groups excluding carboxylic acids is 3. The second kappa shape index (κ2) is 9.10. The molecule has 0 saturated carbocycles. The Hall–Kier alpha value is -3.99. The molecule has 0 atom stereocenters. The Bertz CT molecular complexity index is 1420. The van der Waals surface area contributed by atoms with Gasteiger partial charge in [0.15, 0.2) is 0 Å². The van der Waals surface area contributed by atoms with Gasteiger partial charge in [-0.05, 0) is 60.7 Å². The number of hydrogen-bond acceptors (Lipinski definition) is 6. The molecule has 0 fully saturated rings. The molecule has 4 rings (SSSR count). The number of rotatable bonds is 6. The average molecular weight is 497 g/mol. The predicted molar refractivity (Wildman–Crippen MR) is 128 cm³/mol. The van der Waals surface area contributed by atoms with Crippen LogP contribution in [-0.4, -0.2) is 26.1 Å². The quantitative estimate of drug-likeness (QED) is 0.448. The van der Waals surface area contributed by atoms with E-state index < -0.39 is 27.7 Å². The summed E-state index contributed by atoms with van der Waals surface area (Å²) in [5.74, 6) is -1.66. The maximum Gasteiger partial charge on any atom is 0.283 e. The van der Waals surface area contributed by atoms with Crippen molar-refractivity contribution in [2.75, 3.05) is 15.5 Å². The first-order valence-electron chi connectivity index (χ1n) is 9.80. The molecule has 34 heavy (non-hydrogen) atoms. The molecular weight excluding hydrogens is 480 g/mol. The molecule has 1 aliphatic rings. The van der Waals surface area contributed by atoms with Crippen molar-refractivity contribution in [1.29, 1.82) is 0 Å². The second-order valence-electron chi connectivity index (χ2n) is 7.20. The number of amides is 3. The minimum absolute atomic E-state index is 0.0670. The zero-order valence-corrected chi connectivity index (χ0v) is 18.9. The van der Waals surface area contributed by atoms with Crippen molar-refractivity contribution < 1.29 is 22.8 Å². The monoisotopic (exact) mass is 496 g/mol. The van der Waals surface area contributed by atoms with E-state index in [0.717, 1.165) is 4.90 Å². The molecule has 11 heteroatoms. The lowest BCUT2D eigenvalue weighted by molar-refractivity contribution is -0.120. The first-order valence-corrected chi connectivity index (χ1v) is 11.7. The lowest BCUT2D eigenvalue weighted by Crippen LogP contribution is -2.32. The van der Waals surface area contributed by atoms with Gasteiger partial charge in [-0.1, -0.05) is 29.8 Å². The molecule has 3 amide bonds. The summed E-state index contributed by atoms with van der Waals surface area (Å²) in [5, 5.41) is 10.3. The summed E-state index contributed by atoms with van der Waals surface area (Å²) >= 11 is 6.12. The van der Waals surface area contributed by atoms with E-state index in [-0.39, 0.29) is 15.6 Å². The normalized spacial score (nSPS) is 13.9. The maximum atomic E-state index is 12.8. The third kappa shape index (κ3) is 4.69. The van der Waals surface area contributed by atoms with Crippen LogP contribution in [0.3, 0.4) is 0 Å². The number of imide groups is 1. The fourth-order valence-electron chi connectivity index (χ4n) is 3.20. The molecule has 0 radical (unpaired) electrons. The van der Waals surface area contributed by atoms with Crippen LogP contribution in [0.25, 0.3) is 0 Å². The number of nitrogens with one attached hydrogen (secondary N) is 2. The molecule has 0 aliphatic carbocycles. The molecule has 0 spiro atoms. The summed E-state index contributed by atoms with van der Waals surface area (Å²) < 4.78 is 22.6. The Morgan fingerprint density at radius 1 is 0.824 bits per heavy atom. The van der Waals surface area contributed by atoms with Gasteiger partial charge in [-0.2, -0.15) is 0 Å². The minimum atomic E-state index is -3.83. The molecule has 0 unspecified atom stereocenters. The van der Waals surface area contributed by atoms with Crippen molar-refractivity contribution in [3.05, 3.63) is 95.2 Å². The van der Waals surface area contributed by atoms with E-state index in [2.05, 4.69) is 10.6 Å². The Balaban J connectivity index is 1.45. The van der Waals surface area contributed by atoms with Crippen molar-refractivity contribution in [1.82, 2.24) is 0 Å². The van der Waals surface area contributed by atoms with Crippen molar-refractivity contribution in [2.45, 2.75) is 4.90 Å². The molecule has 0 bridgehead atoms. The number of halogens is 1. The van der Waals surface area contributed by atoms with E-state index >= 15 is 0 Å². The second-order valence-corrected chi connectivity index (χ2v) is 9.14. The Morgan fingerprint density at radius 2 is 1.41 bits per heavy atom. The molecule has 9 nitrogen and oxygen atoms in total. The predicted octanol–water partition coefficient (Wildman–Crippen LogP) is 3.02. The van der Waals surface area contributed by atoms with Crippen LogP contribution in [0.5, 0.6) is 0 Å². The Labute approximate surface area is 199 Å². The van der Waals surface area contributed by atoms with Gasteiger partial charge in [0.1, 0.15) is 10.7 Å². The zero-order chi connectivity index (χ0) is 24.5. The van der Waals surface area contributed by atoms with E-state index in [1.54, 1.807) is 42.5 Å². The molecule has 4 N–H and O–H groups in total. The molecule has 172 valence electrons. The standard InChI is InChI=1S/C23H17ClN4O5S/c24-19-20(23(31)28(22(19)30)17-4-2-1-3-5-17)26-15-8-6-14(7-9-15)21(29)27-16-10-12-18(13-11-16)34(25,32)33/h1-13,26H,(H,27,29)(H2,25,32,33).